The van der Waals surface area contributed by atoms with E-state index in [-0.39, 0.29) is 6.10 Å². The first-order chi connectivity index (χ1) is 7.31. The van der Waals surface area contributed by atoms with Crippen LogP contribution in [0.4, 0.5) is 0 Å². The van der Waals surface area contributed by atoms with Gasteiger partial charge in [-0.2, -0.15) is 0 Å². The molecule has 2 rings (SSSR count). The molecule has 0 aromatic carbocycles. The van der Waals surface area contributed by atoms with Gasteiger partial charge in [-0.15, -0.1) is 0 Å². The second-order valence-electron chi connectivity index (χ2n) is 4.92. The third-order valence-corrected chi connectivity index (χ3v) is 3.75. The number of hydrogen-bond acceptors (Lipinski definition) is 3. The number of hydrogen-bond donors (Lipinski definition) is 2. The minimum absolute atomic E-state index is 0.0963. The molecule has 2 aliphatic carbocycles. The molecule has 3 nitrogen and oxygen atoms in total. The fourth-order valence-electron chi connectivity index (χ4n) is 2.61. The first-order valence-electron chi connectivity index (χ1n) is 6.46. The van der Waals surface area contributed by atoms with E-state index in [2.05, 4.69) is 17.1 Å². The molecule has 0 aromatic rings. The van der Waals surface area contributed by atoms with Crippen LogP contribution in [0.25, 0.3) is 0 Å². The normalized spacial score (nSPS) is 31.4. The van der Waals surface area contributed by atoms with E-state index < -0.39 is 0 Å². The molecular formula is C12H24N2O. The fraction of sp³-hybridized carbons (Fsp3) is 1.00. The quantitative estimate of drug-likeness (QED) is 0.689. The Morgan fingerprint density at radius 1 is 1.27 bits per heavy atom. The van der Waals surface area contributed by atoms with Crippen LogP contribution < -0.4 is 5.32 Å². The second-order valence-corrected chi connectivity index (χ2v) is 4.92. The zero-order valence-corrected chi connectivity index (χ0v) is 9.78. The van der Waals surface area contributed by atoms with Crippen molar-refractivity contribution in [2.45, 2.75) is 57.2 Å². The van der Waals surface area contributed by atoms with Gasteiger partial charge in [0.25, 0.3) is 0 Å². The van der Waals surface area contributed by atoms with Crippen molar-refractivity contribution in [2.75, 3.05) is 19.6 Å². The van der Waals surface area contributed by atoms with E-state index in [9.17, 15) is 5.11 Å². The van der Waals surface area contributed by atoms with Gasteiger partial charge in [0.1, 0.15) is 0 Å². The Morgan fingerprint density at radius 2 is 2.07 bits per heavy atom. The van der Waals surface area contributed by atoms with Gasteiger partial charge in [0.05, 0.1) is 6.10 Å². The van der Waals surface area contributed by atoms with Crippen molar-refractivity contribution in [2.24, 2.45) is 0 Å². The van der Waals surface area contributed by atoms with E-state index in [1.807, 2.05) is 0 Å². The smallest absolute Gasteiger partial charge is 0.0693 e. The molecule has 88 valence electrons. The average Bonchev–Trinajstić information content (AvgIpc) is 2.99. The zero-order chi connectivity index (χ0) is 10.7. The van der Waals surface area contributed by atoms with Crippen molar-refractivity contribution in [1.82, 2.24) is 10.2 Å². The molecule has 0 aliphatic heterocycles. The molecule has 0 saturated heterocycles. The standard InChI is InChI=1S/C12H24N2O/c1-2-14(10-6-7-10)9-8-13-11-4-3-5-12(11)15/h10-13,15H,2-9H2,1H3/t11-,12-/m1/s1. The Hall–Kier alpha value is -0.120. The molecule has 0 spiro atoms. The Bertz CT molecular complexity index is 192. The summed E-state index contributed by atoms with van der Waals surface area (Å²) in [5, 5.41) is 13.1. The van der Waals surface area contributed by atoms with Crippen molar-refractivity contribution in [3.05, 3.63) is 0 Å². The molecule has 0 radical (unpaired) electrons. The van der Waals surface area contributed by atoms with Crippen LogP contribution in [0.15, 0.2) is 0 Å². The first kappa shape index (κ1) is 11.4. The van der Waals surface area contributed by atoms with Gasteiger partial charge in [-0.25, -0.2) is 0 Å². The van der Waals surface area contributed by atoms with Gasteiger partial charge in [-0.05, 0) is 38.6 Å². The fourth-order valence-corrected chi connectivity index (χ4v) is 2.61. The first-order valence-corrected chi connectivity index (χ1v) is 6.46. The van der Waals surface area contributed by atoms with E-state index >= 15 is 0 Å². The summed E-state index contributed by atoms with van der Waals surface area (Å²) in [4.78, 5) is 2.55. The van der Waals surface area contributed by atoms with Crippen molar-refractivity contribution in [3.8, 4) is 0 Å². The molecule has 2 atom stereocenters. The van der Waals surface area contributed by atoms with Crippen molar-refractivity contribution in [1.29, 1.82) is 0 Å². The molecule has 2 fully saturated rings. The Kier molecular flexibility index (Phi) is 4.00. The summed E-state index contributed by atoms with van der Waals surface area (Å²) in [5.41, 5.74) is 0. The monoisotopic (exact) mass is 212 g/mol. The third kappa shape index (κ3) is 3.16. The number of nitrogens with zero attached hydrogens (tertiary/aromatic N) is 1. The largest absolute Gasteiger partial charge is 0.392 e. The third-order valence-electron chi connectivity index (χ3n) is 3.75. The Labute approximate surface area is 92.8 Å². The molecule has 0 unspecified atom stereocenters. The maximum absolute atomic E-state index is 9.66. The Morgan fingerprint density at radius 3 is 2.60 bits per heavy atom. The lowest BCUT2D eigenvalue weighted by Gasteiger charge is -2.22. The summed E-state index contributed by atoms with van der Waals surface area (Å²) >= 11 is 0. The molecule has 0 aromatic heterocycles. The highest BCUT2D eigenvalue weighted by Crippen LogP contribution is 2.26. The van der Waals surface area contributed by atoms with Crippen molar-refractivity contribution < 1.29 is 5.11 Å². The number of rotatable bonds is 6. The summed E-state index contributed by atoms with van der Waals surface area (Å²) < 4.78 is 0. The van der Waals surface area contributed by atoms with Crippen LogP contribution >= 0.6 is 0 Å². The minimum Gasteiger partial charge on any atom is -0.392 e. The summed E-state index contributed by atoms with van der Waals surface area (Å²) in [6.07, 6.45) is 5.99. The Balaban J connectivity index is 1.60. The molecule has 0 amide bonds. The van der Waals surface area contributed by atoms with Crippen LogP contribution in [0.5, 0.6) is 0 Å². The van der Waals surface area contributed by atoms with Gasteiger partial charge in [0.15, 0.2) is 0 Å². The number of likely N-dealkylation sites (N-methyl/N-ethyl adjacent to an activating group) is 1. The highest BCUT2D eigenvalue weighted by atomic mass is 16.3. The van der Waals surface area contributed by atoms with E-state index in [0.717, 1.165) is 32.0 Å². The predicted octanol–water partition coefficient (Wildman–Crippen LogP) is 0.974. The predicted molar refractivity (Wildman–Crippen MR) is 61.9 cm³/mol. The van der Waals surface area contributed by atoms with Crippen molar-refractivity contribution in [3.63, 3.8) is 0 Å². The SMILES string of the molecule is CCN(CCN[C@@H]1CCC[C@H]1O)C1CC1. The summed E-state index contributed by atoms with van der Waals surface area (Å²) in [6, 6.07) is 1.23. The summed E-state index contributed by atoms with van der Waals surface area (Å²) in [5.74, 6) is 0. The molecule has 3 heteroatoms. The topological polar surface area (TPSA) is 35.5 Å². The van der Waals surface area contributed by atoms with E-state index in [1.165, 1.54) is 25.8 Å². The lowest BCUT2D eigenvalue weighted by Crippen LogP contribution is -2.41. The molecular weight excluding hydrogens is 188 g/mol. The number of aliphatic hydroxyl groups excluding tert-OH is 1. The van der Waals surface area contributed by atoms with Crippen molar-refractivity contribution >= 4 is 0 Å². The summed E-state index contributed by atoms with van der Waals surface area (Å²) in [7, 11) is 0. The van der Waals surface area contributed by atoms with Crippen LogP contribution in [0, 0.1) is 0 Å². The van der Waals surface area contributed by atoms with Gasteiger partial charge in [-0.3, -0.25) is 4.90 Å². The van der Waals surface area contributed by atoms with Crippen LogP contribution in [0.2, 0.25) is 0 Å². The van der Waals surface area contributed by atoms with Crippen LogP contribution in [0.3, 0.4) is 0 Å². The minimum atomic E-state index is -0.0963. The lowest BCUT2D eigenvalue weighted by atomic mass is 10.2. The number of nitrogens with one attached hydrogen (secondary N) is 1. The number of aliphatic hydroxyl groups is 1. The van der Waals surface area contributed by atoms with Gasteiger partial charge in [0.2, 0.25) is 0 Å². The average molecular weight is 212 g/mol. The van der Waals surface area contributed by atoms with E-state index in [4.69, 9.17) is 0 Å². The van der Waals surface area contributed by atoms with Gasteiger partial charge in [0, 0.05) is 25.2 Å². The molecule has 0 heterocycles. The van der Waals surface area contributed by atoms with Gasteiger partial charge >= 0.3 is 0 Å². The lowest BCUT2D eigenvalue weighted by molar-refractivity contribution is 0.146. The van der Waals surface area contributed by atoms with Gasteiger partial charge in [-0.1, -0.05) is 6.92 Å². The molecule has 2 aliphatic rings. The molecule has 2 N–H and O–H groups in total. The molecule has 0 bridgehead atoms. The van der Waals surface area contributed by atoms with Crippen LogP contribution in [-0.4, -0.2) is 47.8 Å². The van der Waals surface area contributed by atoms with E-state index in [1.54, 1.807) is 0 Å². The maximum atomic E-state index is 9.66. The highest BCUT2D eigenvalue weighted by molar-refractivity contribution is 4.86. The van der Waals surface area contributed by atoms with E-state index in [0.29, 0.717) is 6.04 Å². The zero-order valence-electron chi connectivity index (χ0n) is 9.78. The second kappa shape index (κ2) is 5.28. The molecule has 15 heavy (non-hydrogen) atoms. The van der Waals surface area contributed by atoms with Crippen LogP contribution in [0.1, 0.15) is 39.0 Å². The highest BCUT2D eigenvalue weighted by Gasteiger charge is 2.28. The summed E-state index contributed by atoms with van der Waals surface area (Å²) in [6.45, 7) is 5.58. The molecule has 2 saturated carbocycles. The maximum Gasteiger partial charge on any atom is 0.0693 e. The van der Waals surface area contributed by atoms with Crippen LogP contribution in [-0.2, 0) is 0 Å². The van der Waals surface area contributed by atoms with Gasteiger partial charge < -0.3 is 10.4 Å².